The first-order valence-electron chi connectivity index (χ1n) is 6.69. The molecule has 0 spiro atoms. The van der Waals surface area contributed by atoms with Crippen LogP contribution in [-0.2, 0) is 11.2 Å². The Labute approximate surface area is 109 Å². The first kappa shape index (κ1) is 12.8. The van der Waals surface area contributed by atoms with Crippen LogP contribution in [0.1, 0.15) is 32.3 Å². The van der Waals surface area contributed by atoms with E-state index in [1.807, 2.05) is 18.2 Å². The molecule has 18 heavy (non-hydrogen) atoms. The van der Waals surface area contributed by atoms with Gasteiger partial charge in [-0.1, -0.05) is 62.7 Å². The van der Waals surface area contributed by atoms with Gasteiger partial charge < -0.3 is 0 Å². The summed E-state index contributed by atoms with van der Waals surface area (Å²) < 4.78 is 0. The van der Waals surface area contributed by atoms with Crippen LogP contribution in [0.15, 0.2) is 42.5 Å². The van der Waals surface area contributed by atoms with Gasteiger partial charge in [-0.05, 0) is 22.3 Å². The SMILES string of the molecule is CCC(C)CC(=O)Cc1cccc2ccccc12. The molecule has 0 aliphatic heterocycles. The van der Waals surface area contributed by atoms with E-state index < -0.39 is 0 Å². The summed E-state index contributed by atoms with van der Waals surface area (Å²) in [6.45, 7) is 4.27. The first-order valence-corrected chi connectivity index (χ1v) is 6.69. The smallest absolute Gasteiger partial charge is 0.137 e. The molecule has 0 radical (unpaired) electrons. The lowest BCUT2D eigenvalue weighted by atomic mass is 9.95. The second-order valence-electron chi connectivity index (χ2n) is 5.07. The molecule has 0 aromatic heterocycles. The monoisotopic (exact) mass is 240 g/mol. The van der Waals surface area contributed by atoms with Gasteiger partial charge in [0.05, 0.1) is 0 Å². The molecule has 2 rings (SSSR count). The largest absolute Gasteiger partial charge is 0.299 e. The van der Waals surface area contributed by atoms with Crippen molar-refractivity contribution in [2.45, 2.75) is 33.1 Å². The van der Waals surface area contributed by atoms with Crippen molar-refractivity contribution in [3.8, 4) is 0 Å². The van der Waals surface area contributed by atoms with E-state index >= 15 is 0 Å². The molecule has 2 aromatic carbocycles. The van der Waals surface area contributed by atoms with Crippen molar-refractivity contribution in [2.24, 2.45) is 5.92 Å². The Kier molecular flexibility index (Phi) is 4.14. The minimum atomic E-state index is 0.348. The Morgan fingerprint density at radius 3 is 2.61 bits per heavy atom. The lowest BCUT2D eigenvalue weighted by Crippen LogP contribution is -2.08. The van der Waals surface area contributed by atoms with Gasteiger partial charge in [-0.3, -0.25) is 4.79 Å². The first-order chi connectivity index (χ1) is 8.70. The van der Waals surface area contributed by atoms with Gasteiger partial charge in [-0.15, -0.1) is 0 Å². The highest BCUT2D eigenvalue weighted by atomic mass is 16.1. The highest BCUT2D eigenvalue weighted by Crippen LogP contribution is 2.20. The van der Waals surface area contributed by atoms with E-state index in [4.69, 9.17) is 0 Å². The molecule has 1 nitrogen and oxygen atoms in total. The Bertz CT molecular complexity index is 537. The van der Waals surface area contributed by atoms with Crippen LogP contribution in [0.25, 0.3) is 10.8 Å². The molecule has 1 unspecified atom stereocenters. The van der Waals surface area contributed by atoms with Crippen LogP contribution in [0, 0.1) is 5.92 Å². The molecule has 2 aromatic rings. The van der Waals surface area contributed by atoms with Crippen LogP contribution >= 0.6 is 0 Å². The number of carbonyl (C=O) groups is 1. The highest BCUT2D eigenvalue weighted by molar-refractivity contribution is 5.90. The Morgan fingerprint density at radius 1 is 1.11 bits per heavy atom. The molecule has 0 N–H and O–H groups in total. The van der Waals surface area contributed by atoms with E-state index in [1.165, 1.54) is 10.8 Å². The third kappa shape index (κ3) is 2.98. The molecule has 0 heterocycles. The molecule has 0 aliphatic rings. The van der Waals surface area contributed by atoms with Crippen molar-refractivity contribution in [1.82, 2.24) is 0 Å². The van der Waals surface area contributed by atoms with E-state index in [1.54, 1.807) is 0 Å². The zero-order valence-corrected chi connectivity index (χ0v) is 11.1. The quantitative estimate of drug-likeness (QED) is 0.757. The van der Waals surface area contributed by atoms with Gasteiger partial charge in [0.25, 0.3) is 0 Å². The van der Waals surface area contributed by atoms with Crippen LogP contribution < -0.4 is 0 Å². The van der Waals surface area contributed by atoms with Crippen LogP contribution in [-0.4, -0.2) is 5.78 Å². The second kappa shape index (κ2) is 5.81. The van der Waals surface area contributed by atoms with E-state index in [0.29, 0.717) is 24.5 Å². The van der Waals surface area contributed by atoms with Crippen LogP contribution in [0.2, 0.25) is 0 Å². The maximum absolute atomic E-state index is 12.0. The predicted octanol–water partition coefficient (Wildman–Crippen LogP) is 4.39. The number of ketones is 1. The van der Waals surface area contributed by atoms with E-state index in [9.17, 15) is 4.79 Å². The van der Waals surface area contributed by atoms with Crippen LogP contribution in [0.4, 0.5) is 0 Å². The molecule has 94 valence electrons. The summed E-state index contributed by atoms with van der Waals surface area (Å²) in [5, 5.41) is 2.42. The number of hydrogen-bond acceptors (Lipinski definition) is 1. The molecule has 0 saturated heterocycles. The maximum atomic E-state index is 12.0. The standard InChI is InChI=1S/C17H20O/c1-3-13(2)11-16(18)12-15-9-6-8-14-7-4-5-10-17(14)15/h4-10,13H,3,11-12H2,1-2H3. The van der Waals surface area contributed by atoms with Gasteiger partial charge in [0, 0.05) is 12.8 Å². The zero-order valence-electron chi connectivity index (χ0n) is 11.1. The van der Waals surface area contributed by atoms with Crippen molar-refractivity contribution in [2.75, 3.05) is 0 Å². The maximum Gasteiger partial charge on any atom is 0.137 e. The zero-order chi connectivity index (χ0) is 13.0. The van der Waals surface area contributed by atoms with Crippen molar-refractivity contribution in [1.29, 1.82) is 0 Å². The molecule has 0 fully saturated rings. The van der Waals surface area contributed by atoms with Gasteiger partial charge in [0.2, 0.25) is 0 Å². The van der Waals surface area contributed by atoms with Gasteiger partial charge in [0.15, 0.2) is 0 Å². The van der Waals surface area contributed by atoms with Crippen LogP contribution in [0.5, 0.6) is 0 Å². The summed E-state index contributed by atoms with van der Waals surface area (Å²) in [7, 11) is 0. The molecule has 1 atom stereocenters. The van der Waals surface area contributed by atoms with Crippen molar-refractivity contribution in [3.63, 3.8) is 0 Å². The van der Waals surface area contributed by atoms with Crippen LogP contribution in [0.3, 0.4) is 0 Å². The molecule has 0 amide bonds. The number of benzene rings is 2. The summed E-state index contributed by atoms with van der Waals surface area (Å²) in [5.74, 6) is 0.841. The van der Waals surface area contributed by atoms with Gasteiger partial charge >= 0.3 is 0 Å². The molecule has 0 saturated carbocycles. The fraction of sp³-hybridized carbons (Fsp3) is 0.353. The number of hydrogen-bond donors (Lipinski definition) is 0. The summed E-state index contributed by atoms with van der Waals surface area (Å²) in [6, 6.07) is 14.5. The summed E-state index contributed by atoms with van der Waals surface area (Å²) in [4.78, 5) is 12.0. The lowest BCUT2D eigenvalue weighted by Gasteiger charge is -2.09. The van der Waals surface area contributed by atoms with Gasteiger partial charge in [-0.2, -0.15) is 0 Å². The Balaban J connectivity index is 2.19. The summed E-state index contributed by atoms with van der Waals surface area (Å²) in [5.41, 5.74) is 1.15. The fourth-order valence-electron chi connectivity index (χ4n) is 2.26. The third-order valence-corrected chi connectivity index (χ3v) is 3.54. The van der Waals surface area contributed by atoms with E-state index in [-0.39, 0.29) is 0 Å². The van der Waals surface area contributed by atoms with Crippen molar-refractivity contribution >= 4 is 16.6 Å². The average molecular weight is 240 g/mol. The highest BCUT2D eigenvalue weighted by Gasteiger charge is 2.10. The minimum absolute atomic E-state index is 0.348. The number of carbonyl (C=O) groups excluding carboxylic acids is 1. The van der Waals surface area contributed by atoms with Gasteiger partial charge in [-0.25, -0.2) is 0 Å². The summed E-state index contributed by atoms with van der Waals surface area (Å²) >= 11 is 0. The van der Waals surface area contributed by atoms with Crippen molar-refractivity contribution < 1.29 is 4.79 Å². The van der Waals surface area contributed by atoms with Crippen molar-refractivity contribution in [3.05, 3.63) is 48.0 Å². The molecule has 0 aliphatic carbocycles. The average Bonchev–Trinajstić information content (AvgIpc) is 2.39. The number of rotatable bonds is 5. The van der Waals surface area contributed by atoms with E-state index in [0.717, 1.165) is 12.0 Å². The molecular formula is C17H20O. The van der Waals surface area contributed by atoms with E-state index in [2.05, 4.69) is 38.1 Å². The lowest BCUT2D eigenvalue weighted by molar-refractivity contribution is -0.119. The normalized spacial score (nSPS) is 12.6. The third-order valence-electron chi connectivity index (χ3n) is 3.54. The predicted molar refractivity (Wildman–Crippen MR) is 76.7 cm³/mol. The number of fused-ring (bicyclic) bond motifs is 1. The molecule has 0 bridgehead atoms. The molecule has 1 heteroatoms. The fourth-order valence-corrected chi connectivity index (χ4v) is 2.26. The minimum Gasteiger partial charge on any atom is -0.299 e. The second-order valence-corrected chi connectivity index (χ2v) is 5.07. The molecular weight excluding hydrogens is 220 g/mol. The number of Topliss-reactive ketones (excluding diaryl/α,β-unsaturated/α-hetero) is 1. The Morgan fingerprint density at radius 2 is 1.83 bits per heavy atom. The topological polar surface area (TPSA) is 17.1 Å². The summed E-state index contributed by atoms with van der Waals surface area (Å²) in [6.07, 6.45) is 2.33. The van der Waals surface area contributed by atoms with Gasteiger partial charge in [0.1, 0.15) is 5.78 Å². The Hall–Kier alpha value is -1.63.